The van der Waals surface area contributed by atoms with Gasteiger partial charge in [0.2, 0.25) is 0 Å². The summed E-state index contributed by atoms with van der Waals surface area (Å²) < 4.78 is 34.8. The maximum atomic E-state index is 12.4. The molecule has 2 aromatic carbocycles. The SMILES string of the molecule is CCc1ccc(Cc2cc([C@@H]3O[C@H](COC(C)=O)[C@@H](OC(C)=O)[C@H](OC(C)=O)[C@H]3OC(C)=O)cc(OC3CCC3)c2C#N)cc1. The van der Waals surface area contributed by atoms with Crippen LogP contribution >= 0.6 is 0 Å². The van der Waals surface area contributed by atoms with Gasteiger partial charge in [-0.15, -0.1) is 0 Å². The molecule has 11 heteroatoms. The summed E-state index contributed by atoms with van der Waals surface area (Å²) in [6, 6.07) is 13.8. The number of ether oxygens (including phenoxy) is 6. The molecule has 1 aliphatic heterocycles. The van der Waals surface area contributed by atoms with Crippen LogP contribution in [0.1, 0.15) is 87.8 Å². The van der Waals surface area contributed by atoms with E-state index in [-0.39, 0.29) is 12.7 Å². The number of esters is 4. The Morgan fingerprint density at radius 3 is 1.98 bits per heavy atom. The lowest BCUT2D eigenvalue weighted by atomic mass is 9.87. The van der Waals surface area contributed by atoms with Gasteiger partial charge in [0.1, 0.15) is 30.6 Å². The molecule has 0 bridgehead atoms. The van der Waals surface area contributed by atoms with Gasteiger partial charge in [-0.2, -0.15) is 5.26 Å². The molecule has 1 saturated heterocycles. The van der Waals surface area contributed by atoms with Crippen LogP contribution in [0.3, 0.4) is 0 Å². The highest BCUT2D eigenvalue weighted by atomic mass is 16.7. The highest BCUT2D eigenvalue weighted by Gasteiger charge is 2.52. The van der Waals surface area contributed by atoms with Crippen molar-refractivity contribution in [2.75, 3.05) is 6.61 Å². The summed E-state index contributed by atoms with van der Waals surface area (Å²) in [5, 5.41) is 10.3. The van der Waals surface area contributed by atoms with Crippen molar-refractivity contribution in [2.45, 2.75) is 103 Å². The first kappa shape index (κ1) is 33.5. The average Bonchev–Trinajstić information content (AvgIpc) is 2.95. The topological polar surface area (TPSA) is 147 Å². The monoisotopic (exact) mass is 621 g/mol. The van der Waals surface area contributed by atoms with E-state index in [9.17, 15) is 24.4 Å². The van der Waals surface area contributed by atoms with E-state index < -0.39 is 54.4 Å². The van der Waals surface area contributed by atoms with Crippen LogP contribution in [0, 0.1) is 11.3 Å². The third-order valence-corrected chi connectivity index (χ3v) is 7.81. The maximum Gasteiger partial charge on any atom is 0.303 e. The Bertz CT molecular complexity index is 1440. The van der Waals surface area contributed by atoms with Gasteiger partial charge < -0.3 is 28.4 Å². The van der Waals surface area contributed by atoms with Gasteiger partial charge in [0, 0.05) is 27.7 Å². The van der Waals surface area contributed by atoms with Gasteiger partial charge in [-0.25, -0.2) is 0 Å². The van der Waals surface area contributed by atoms with Crippen LogP contribution in [0.5, 0.6) is 5.75 Å². The van der Waals surface area contributed by atoms with Crippen LogP contribution in [0.25, 0.3) is 0 Å². The summed E-state index contributed by atoms with van der Waals surface area (Å²) in [4.78, 5) is 48.6. The van der Waals surface area contributed by atoms with Crippen molar-refractivity contribution in [3.63, 3.8) is 0 Å². The zero-order valence-electron chi connectivity index (χ0n) is 26.2. The van der Waals surface area contributed by atoms with Crippen molar-refractivity contribution < 1.29 is 47.6 Å². The van der Waals surface area contributed by atoms with E-state index in [1.54, 1.807) is 12.1 Å². The quantitative estimate of drug-likeness (QED) is 0.259. The average molecular weight is 622 g/mol. The zero-order valence-corrected chi connectivity index (χ0v) is 26.2. The summed E-state index contributed by atoms with van der Waals surface area (Å²) in [6.45, 7) is 6.50. The molecule has 2 fully saturated rings. The number of carbonyl (C=O) groups is 4. The molecule has 1 heterocycles. The number of aryl methyl sites for hydroxylation is 1. The first-order valence-electron chi connectivity index (χ1n) is 15.1. The normalized spacial score (nSPS) is 22.7. The van der Waals surface area contributed by atoms with E-state index in [1.165, 1.54) is 33.3 Å². The van der Waals surface area contributed by atoms with E-state index in [2.05, 4.69) is 13.0 Å². The zero-order chi connectivity index (χ0) is 32.7. The molecule has 0 amide bonds. The van der Waals surface area contributed by atoms with Gasteiger partial charge in [-0.1, -0.05) is 37.3 Å². The summed E-state index contributed by atoms with van der Waals surface area (Å²) in [6.07, 6.45) is -2.11. The lowest BCUT2D eigenvalue weighted by Gasteiger charge is -2.44. The molecule has 2 aliphatic rings. The van der Waals surface area contributed by atoms with Crippen LogP contribution in [-0.2, 0) is 55.7 Å². The minimum absolute atomic E-state index is 0.0561. The Labute approximate surface area is 262 Å². The highest BCUT2D eigenvalue weighted by molar-refractivity contribution is 5.69. The van der Waals surface area contributed by atoms with E-state index in [1.807, 2.05) is 24.3 Å². The summed E-state index contributed by atoms with van der Waals surface area (Å²) >= 11 is 0. The molecular formula is C34H39NO10. The largest absolute Gasteiger partial charge is 0.489 e. The van der Waals surface area contributed by atoms with Gasteiger partial charge in [0.25, 0.3) is 0 Å². The summed E-state index contributed by atoms with van der Waals surface area (Å²) in [5.41, 5.74) is 3.65. The maximum absolute atomic E-state index is 12.4. The fraction of sp³-hybridized carbons (Fsp3) is 0.500. The number of hydrogen-bond donors (Lipinski definition) is 0. The van der Waals surface area contributed by atoms with E-state index in [0.29, 0.717) is 28.9 Å². The summed E-state index contributed by atoms with van der Waals surface area (Å²) in [5.74, 6) is -2.37. The molecule has 0 aromatic heterocycles. The molecule has 0 unspecified atom stereocenters. The predicted octanol–water partition coefficient (Wildman–Crippen LogP) is 4.44. The Balaban J connectivity index is 1.86. The molecule has 1 aliphatic carbocycles. The number of carbonyl (C=O) groups excluding carboxylic acids is 4. The molecule has 0 radical (unpaired) electrons. The predicted molar refractivity (Wildman–Crippen MR) is 159 cm³/mol. The van der Waals surface area contributed by atoms with Gasteiger partial charge in [-0.3, -0.25) is 19.2 Å². The fourth-order valence-electron chi connectivity index (χ4n) is 5.50. The third kappa shape index (κ3) is 8.60. The lowest BCUT2D eigenvalue weighted by molar-refractivity contribution is -0.254. The van der Waals surface area contributed by atoms with Gasteiger partial charge in [0.15, 0.2) is 18.3 Å². The number of rotatable bonds is 11. The molecule has 2 aromatic rings. The Hall–Kier alpha value is -4.43. The lowest BCUT2D eigenvalue weighted by Crippen LogP contribution is -2.59. The van der Waals surface area contributed by atoms with Crippen molar-refractivity contribution in [1.82, 2.24) is 0 Å². The molecule has 0 N–H and O–H groups in total. The molecule has 45 heavy (non-hydrogen) atoms. The van der Waals surface area contributed by atoms with Crippen LogP contribution in [-0.4, -0.2) is 61.0 Å². The van der Waals surface area contributed by atoms with Crippen molar-refractivity contribution in [2.24, 2.45) is 0 Å². The van der Waals surface area contributed by atoms with Crippen molar-refractivity contribution >= 4 is 23.9 Å². The minimum Gasteiger partial charge on any atom is -0.489 e. The van der Waals surface area contributed by atoms with Crippen LogP contribution in [0.2, 0.25) is 0 Å². The second-order valence-electron chi connectivity index (χ2n) is 11.3. The van der Waals surface area contributed by atoms with E-state index in [0.717, 1.165) is 31.2 Å². The molecule has 11 nitrogen and oxygen atoms in total. The Morgan fingerprint density at radius 2 is 1.44 bits per heavy atom. The smallest absolute Gasteiger partial charge is 0.303 e. The molecule has 240 valence electrons. The van der Waals surface area contributed by atoms with Crippen molar-refractivity contribution in [3.05, 3.63) is 64.2 Å². The third-order valence-electron chi connectivity index (χ3n) is 7.81. The fourth-order valence-corrected chi connectivity index (χ4v) is 5.50. The number of hydrogen-bond acceptors (Lipinski definition) is 11. The van der Waals surface area contributed by atoms with Crippen LogP contribution in [0.15, 0.2) is 36.4 Å². The van der Waals surface area contributed by atoms with Crippen molar-refractivity contribution in [3.8, 4) is 11.8 Å². The molecule has 5 atom stereocenters. The molecule has 4 rings (SSSR count). The van der Waals surface area contributed by atoms with Gasteiger partial charge in [0.05, 0.1) is 11.7 Å². The summed E-state index contributed by atoms with van der Waals surface area (Å²) in [7, 11) is 0. The number of benzene rings is 2. The number of nitriles is 1. The Morgan fingerprint density at radius 1 is 0.844 bits per heavy atom. The molecular weight excluding hydrogens is 582 g/mol. The van der Waals surface area contributed by atoms with Gasteiger partial charge >= 0.3 is 23.9 Å². The molecule has 0 spiro atoms. The van der Waals surface area contributed by atoms with E-state index >= 15 is 0 Å². The minimum atomic E-state index is -1.31. The number of nitrogens with zero attached hydrogens (tertiary/aromatic N) is 1. The van der Waals surface area contributed by atoms with Crippen LogP contribution in [0.4, 0.5) is 0 Å². The molecule has 1 saturated carbocycles. The Kier molecular flexibility index (Phi) is 11.2. The second kappa shape index (κ2) is 15.0. The standard InChI is InChI=1S/C34H39NO10/c1-6-23-10-12-24(13-11-23)14-25-15-26(16-29(28(25)17-35)44-27-8-7-9-27)31-33(42-21(4)38)34(43-22(5)39)32(41-20(3)37)30(45-31)18-40-19(2)36/h10-13,15-16,27,30-34H,6-9,14,18H2,1-5H3/t30-,31+,32-,33+,34+/m1/s1. The van der Waals surface area contributed by atoms with Crippen molar-refractivity contribution in [1.29, 1.82) is 5.26 Å². The van der Waals surface area contributed by atoms with Gasteiger partial charge in [-0.05, 0) is 60.4 Å². The highest BCUT2D eigenvalue weighted by Crippen LogP contribution is 2.41. The van der Waals surface area contributed by atoms with E-state index in [4.69, 9.17) is 28.4 Å². The first-order valence-corrected chi connectivity index (χ1v) is 15.1. The van der Waals surface area contributed by atoms with Crippen LogP contribution < -0.4 is 4.74 Å². The second-order valence-corrected chi connectivity index (χ2v) is 11.3. The first-order chi connectivity index (χ1) is 21.5.